The van der Waals surface area contributed by atoms with Crippen LogP contribution in [0, 0.1) is 0 Å². The van der Waals surface area contributed by atoms with Crippen molar-refractivity contribution in [1.29, 1.82) is 0 Å². The van der Waals surface area contributed by atoms with Gasteiger partial charge in [0, 0.05) is 19.3 Å². The molecule has 0 atom stereocenters. The van der Waals surface area contributed by atoms with Crippen molar-refractivity contribution in [3.05, 3.63) is 0 Å². The molecule has 0 saturated carbocycles. The van der Waals surface area contributed by atoms with Crippen LogP contribution in [0.5, 0.6) is 0 Å². The molecule has 0 amide bonds. The van der Waals surface area contributed by atoms with E-state index in [0.717, 1.165) is 26.1 Å². The Hall–Kier alpha value is -0.390. The minimum absolute atomic E-state index is 0.423. The van der Waals surface area contributed by atoms with Gasteiger partial charge in [0.1, 0.15) is 0 Å². The van der Waals surface area contributed by atoms with Gasteiger partial charge in [-0.2, -0.15) is 0 Å². The average molecular weight is 175 g/mol. The molecule has 1 fully saturated rings. The Balaban J connectivity index is 2.19. The molecule has 4 nitrogen and oxygen atoms in total. The maximum Gasteiger partial charge on any atom is 0.180 e. The van der Waals surface area contributed by atoms with E-state index in [4.69, 9.17) is 22.8 Å². The second kappa shape index (κ2) is 4.48. The van der Waals surface area contributed by atoms with Crippen LogP contribution < -0.4 is 16.6 Å². The van der Waals surface area contributed by atoms with Crippen LogP contribution in [-0.2, 0) is 4.74 Å². The van der Waals surface area contributed by atoms with Crippen molar-refractivity contribution < 1.29 is 4.74 Å². The van der Waals surface area contributed by atoms with Crippen LogP contribution in [0.25, 0.3) is 0 Å². The van der Waals surface area contributed by atoms with E-state index >= 15 is 0 Å². The lowest BCUT2D eigenvalue weighted by molar-refractivity contribution is 0.0824. The Morgan fingerprint density at radius 2 is 2.09 bits per heavy atom. The molecule has 0 aromatic heterocycles. The summed E-state index contributed by atoms with van der Waals surface area (Å²) in [6, 6.07) is 0.423. The molecule has 64 valence electrons. The van der Waals surface area contributed by atoms with Gasteiger partial charge in [0.05, 0.1) is 0 Å². The molecule has 0 aliphatic carbocycles. The van der Waals surface area contributed by atoms with Crippen molar-refractivity contribution in [2.45, 2.75) is 18.9 Å². The fourth-order valence-corrected chi connectivity index (χ4v) is 1.24. The fourth-order valence-electron chi connectivity index (χ4n) is 1.07. The molecule has 0 radical (unpaired) electrons. The Labute approximate surface area is 71.4 Å². The molecule has 0 unspecified atom stereocenters. The van der Waals surface area contributed by atoms with Gasteiger partial charge in [-0.1, -0.05) is 0 Å². The summed E-state index contributed by atoms with van der Waals surface area (Å²) in [6.45, 7) is 1.62. The number of ether oxygens (including phenoxy) is 1. The number of nitrogens with two attached hydrogens (primary N) is 1. The van der Waals surface area contributed by atoms with E-state index in [1.165, 1.54) is 0 Å². The normalized spacial score (nSPS) is 19.4. The van der Waals surface area contributed by atoms with Gasteiger partial charge in [-0.3, -0.25) is 0 Å². The van der Waals surface area contributed by atoms with E-state index in [2.05, 4.69) is 10.7 Å². The number of thiocarbonyl (C=S) groups is 1. The lowest BCUT2D eigenvalue weighted by Crippen LogP contribution is -2.46. The zero-order chi connectivity index (χ0) is 8.10. The maximum atomic E-state index is 5.18. The first-order chi connectivity index (χ1) is 5.33. The molecule has 0 bridgehead atoms. The second-order valence-corrected chi connectivity index (χ2v) is 2.91. The van der Waals surface area contributed by atoms with Crippen molar-refractivity contribution >= 4 is 17.3 Å². The van der Waals surface area contributed by atoms with E-state index in [1.54, 1.807) is 0 Å². The molecule has 1 rings (SSSR count). The monoisotopic (exact) mass is 175 g/mol. The van der Waals surface area contributed by atoms with Gasteiger partial charge in [0.25, 0.3) is 0 Å². The summed E-state index contributed by atoms with van der Waals surface area (Å²) in [7, 11) is 0. The first kappa shape index (κ1) is 8.70. The highest BCUT2D eigenvalue weighted by molar-refractivity contribution is 7.80. The topological polar surface area (TPSA) is 59.3 Å². The minimum atomic E-state index is 0.423. The molecule has 1 aliphatic rings. The Morgan fingerprint density at radius 1 is 1.45 bits per heavy atom. The van der Waals surface area contributed by atoms with Gasteiger partial charge in [0.15, 0.2) is 5.11 Å². The van der Waals surface area contributed by atoms with Crippen LogP contribution in [0.4, 0.5) is 0 Å². The minimum Gasteiger partial charge on any atom is -0.381 e. The molecule has 0 aromatic rings. The third-order valence-electron chi connectivity index (χ3n) is 1.69. The number of hydrogen-bond donors (Lipinski definition) is 3. The molecule has 0 spiro atoms. The summed E-state index contributed by atoms with van der Waals surface area (Å²) in [6.07, 6.45) is 2.00. The summed E-state index contributed by atoms with van der Waals surface area (Å²) < 4.78 is 5.18. The highest BCUT2D eigenvalue weighted by atomic mass is 32.1. The molecular formula is C6H13N3OS. The molecular weight excluding hydrogens is 162 g/mol. The summed E-state index contributed by atoms with van der Waals surface area (Å²) in [5.74, 6) is 5.10. The predicted octanol–water partition coefficient (Wildman–Crippen LogP) is -0.497. The molecule has 1 heterocycles. The Morgan fingerprint density at radius 3 is 2.64 bits per heavy atom. The fraction of sp³-hybridized carbons (Fsp3) is 0.833. The van der Waals surface area contributed by atoms with Gasteiger partial charge < -0.3 is 15.5 Å². The summed E-state index contributed by atoms with van der Waals surface area (Å²) in [5, 5.41) is 3.59. The molecule has 5 heteroatoms. The quantitative estimate of drug-likeness (QED) is 0.285. The van der Waals surface area contributed by atoms with Crippen LogP contribution in [0.3, 0.4) is 0 Å². The van der Waals surface area contributed by atoms with Crippen LogP contribution in [0.2, 0.25) is 0 Å². The van der Waals surface area contributed by atoms with Gasteiger partial charge >= 0.3 is 0 Å². The van der Waals surface area contributed by atoms with Crippen molar-refractivity contribution in [2.75, 3.05) is 13.2 Å². The largest absolute Gasteiger partial charge is 0.381 e. The van der Waals surface area contributed by atoms with Crippen molar-refractivity contribution in [3.63, 3.8) is 0 Å². The molecule has 4 N–H and O–H groups in total. The standard InChI is InChI=1S/C6H13N3OS/c7-9-6(11)8-5-1-3-10-4-2-5/h5H,1-4,7H2,(H2,8,9,11). The van der Waals surface area contributed by atoms with Crippen LogP contribution in [0.1, 0.15) is 12.8 Å². The summed E-state index contributed by atoms with van der Waals surface area (Å²) >= 11 is 4.85. The number of hydrogen-bond acceptors (Lipinski definition) is 3. The molecule has 1 saturated heterocycles. The van der Waals surface area contributed by atoms with E-state index in [1.807, 2.05) is 0 Å². The highest BCUT2D eigenvalue weighted by Gasteiger charge is 2.13. The first-order valence-electron chi connectivity index (χ1n) is 3.68. The van der Waals surface area contributed by atoms with Crippen LogP contribution in [-0.4, -0.2) is 24.4 Å². The van der Waals surface area contributed by atoms with E-state index in [9.17, 15) is 0 Å². The molecule has 0 aromatic carbocycles. The lowest BCUT2D eigenvalue weighted by atomic mass is 10.1. The number of hydrazine groups is 1. The molecule has 1 aliphatic heterocycles. The zero-order valence-electron chi connectivity index (χ0n) is 6.30. The summed E-state index contributed by atoms with van der Waals surface area (Å²) in [4.78, 5) is 0. The average Bonchev–Trinajstić information content (AvgIpc) is 2.06. The number of nitrogens with one attached hydrogen (secondary N) is 2. The maximum absolute atomic E-state index is 5.18. The lowest BCUT2D eigenvalue weighted by Gasteiger charge is -2.23. The van der Waals surface area contributed by atoms with E-state index < -0.39 is 0 Å². The third kappa shape index (κ3) is 3.00. The van der Waals surface area contributed by atoms with Crippen molar-refractivity contribution in [1.82, 2.24) is 10.7 Å². The van der Waals surface area contributed by atoms with Crippen molar-refractivity contribution in [3.8, 4) is 0 Å². The third-order valence-corrected chi connectivity index (χ3v) is 1.92. The van der Waals surface area contributed by atoms with Gasteiger partial charge in [-0.15, -0.1) is 0 Å². The van der Waals surface area contributed by atoms with Gasteiger partial charge in [-0.05, 0) is 25.1 Å². The van der Waals surface area contributed by atoms with Gasteiger partial charge in [0.2, 0.25) is 0 Å². The predicted molar refractivity (Wildman–Crippen MR) is 46.9 cm³/mol. The van der Waals surface area contributed by atoms with Crippen LogP contribution in [0.15, 0.2) is 0 Å². The highest BCUT2D eigenvalue weighted by Crippen LogP contribution is 2.05. The van der Waals surface area contributed by atoms with Crippen molar-refractivity contribution in [2.24, 2.45) is 5.84 Å². The second-order valence-electron chi connectivity index (χ2n) is 2.50. The van der Waals surface area contributed by atoms with Gasteiger partial charge in [-0.25, -0.2) is 5.84 Å². The van der Waals surface area contributed by atoms with E-state index in [-0.39, 0.29) is 0 Å². The number of rotatable bonds is 1. The molecule has 11 heavy (non-hydrogen) atoms. The summed E-state index contributed by atoms with van der Waals surface area (Å²) in [5.41, 5.74) is 2.39. The smallest absolute Gasteiger partial charge is 0.180 e. The van der Waals surface area contributed by atoms with E-state index in [0.29, 0.717) is 11.2 Å². The SMILES string of the molecule is NNC(=S)NC1CCOCC1. The Kier molecular flexibility index (Phi) is 3.55. The Bertz CT molecular complexity index is 136. The first-order valence-corrected chi connectivity index (χ1v) is 4.08. The zero-order valence-corrected chi connectivity index (χ0v) is 7.12. The van der Waals surface area contributed by atoms with Crippen LogP contribution >= 0.6 is 12.2 Å².